The summed E-state index contributed by atoms with van der Waals surface area (Å²) in [7, 11) is -0.760. The summed E-state index contributed by atoms with van der Waals surface area (Å²) < 4.78 is 5.68. The van der Waals surface area contributed by atoms with Gasteiger partial charge in [0.15, 0.2) is 9.04 Å². The van der Waals surface area contributed by atoms with Crippen molar-refractivity contribution in [2.24, 2.45) is 0 Å². The van der Waals surface area contributed by atoms with Crippen LogP contribution in [0.1, 0.15) is 90.4 Å². The molecule has 0 radical (unpaired) electrons. The van der Waals surface area contributed by atoms with Gasteiger partial charge in [-0.2, -0.15) is 0 Å². The summed E-state index contributed by atoms with van der Waals surface area (Å²) in [6.45, 7) is 7.81. The van der Waals surface area contributed by atoms with Crippen LogP contribution in [0.5, 0.6) is 0 Å². The lowest BCUT2D eigenvalue weighted by atomic mass is 10.0. The Labute approximate surface area is 124 Å². The van der Waals surface area contributed by atoms with E-state index in [0.29, 0.717) is 0 Å². The molecule has 0 heterocycles. The van der Waals surface area contributed by atoms with Crippen molar-refractivity contribution in [2.45, 2.75) is 103 Å². The molecule has 116 valence electrons. The fourth-order valence-corrected chi connectivity index (χ4v) is 3.08. The van der Waals surface area contributed by atoms with E-state index in [2.05, 4.69) is 20.0 Å². The molecule has 2 heteroatoms. The van der Waals surface area contributed by atoms with Crippen LogP contribution < -0.4 is 0 Å². The van der Waals surface area contributed by atoms with Gasteiger partial charge in [0, 0.05) is 6.61 Å². The molecule has 0 aliphatic rings. The van der Waals surface area contributed by atoms with Crippen LogP contribution >= 0.6 is 0 Å². The lowest BCUT2D eigenvalue weighted by molar-refractivity contribution is 0.311. The van der Waals surface area contributed by atoms with E-state index in [-0.39, 0.29) is 0 Å². The first-order valence-electron chi connectivity index (χ1n) is 8.89. The Hall–Kier alpha value is 0.177. The monoisotopic (exact) mass is 286 g/mol. The molecule has 1 nitrogen and oxygen atoms in total. The van der Waals surface area contributed by atoms with Gasteiger partial charge in [-0.15, -0.1) is 0 Å². The Balaban J connectivity index is 2.91. The van der Waals surface area contributed by atoms with Crippen LogP contribution in [0.2, 0.25) is 13.1 Å². The van der Waals surface area contributed by atoms with Gasteiger partial charge in [-0.25, -0.2) is 0 Å². The summed E-state index contributed by atoms with van der Waals surface area (Å²) in [5.41, 5.74) is 0. The van der Waals surface area contributed by atoms with Gasteiger partial charge >= 0.3 is 0 Å². The van der Waals surface area contributed by atoms with Crippen molar-refractivity contribution in [3.05, 3.63) is 0 Å². The van der Waals surface area contributed by atoms with E-state index in [1.807, 2.05) is 0 Å². The van der Waals surface area contributed by atoms with Gasteiger partial charge in [-0.05, 0) is 19.5 Å². The quantitative estimate of drug-likeness (QED) is 0.262. The van der Waals surface area contributed by atoms with Crippen molar-refractivity contribution in [1.82, 2.24) is 0 Å². The van der Waals surface area contributed by atoms with E-state index in [1.54, 1.807) is 0 Å². The summed E-state index contributed by atoms with van der Waals surface area (Å²) in [6, 6.07) is 0. The largest absolute Gasteiger partial charge is 0.421 e. The summed E-state index contributed by atoms with van der Waals surface area (Å²) in [5, 5.41) is 0. The average molecular weight is 287 g/mol. The molecule has 0 saturated carbocycles. The highest BCUT2D eigenvalue weighted by atomic mass is 28.3. The van der Waals surface area contributed by atoms with Gasteiger partial charge in [0.25, 0.3) is 0 Å². The molecule has 0 unspecified atom stereocenters. The molecule has 0 atom stereocenters. The third kappa shape index (κ3) is 18.2. The van der Waals surface area contributed by atoms with Crippen LogP contribution in [0.4, 0.5) is 0 Å². The zero-order valence-electron chi connectivity index (χ0n) is 13.9. The van der Waals surface area contributed by atoms with Gasteiger partial charge in [-0.1, -0.05) is 84.0 Å². The van der Waals surface area contributed by atoms with Crippen molar-refractivity contribution in [3.63, 3.8) is 0 Å². The number of hydrogen-bond donors (Lipinski definition) is 0. The number of rotatable bonds is 15. The van der Waals surface area contributed by atoms with E-state index in [4.69, 9.17) is 4.43 Å². The van der Waals surface area contributed by atoms with E-state index in [0.717, 1.165) is 6.61 Å². The smallest absolute Gasteiger partial charge is 0.170 e. The minimum atomic E-state index is -0.760. The Kier molecular flexibility index (Phi) is 16.4. The highest BCUT2D eigenvalue weighted by Gasteiger charge is 1.96. The molecular formula is C17H38OSi. The molecule has 0 N–H and O–H groups in total. The first-order chi connectivity index (χ1) is 9.27. The van der Waals surface area contributed by atoms with E-state index in [1.165, 1.54) is 83.5 Å². The molecule has 0 spiro atoms. The highest BCUT2D eigenvalue weighted by Crippen LogP contribution is 2.12. The third-order valence-corrected chi connectivity index (χ3v) is 4.60. The second-order valence-electron chi connectivity index (χ2n) is 6.16. The maximum Gasteiger partial charge on any atom is 0.170 e. The SMILES string of the molecule is CCCCCCCCCCCCCCCO[SiH](C)C. The van der Waals surface area contributed by atoms with Crippen LogP contribution in [0, 0.1) is 0 Å². The topological polar surface area (TPSA) is 9.23 Å². The summed E-state index contributed by atoms with van der Waals surface area (Å²) >= 11 is 0. The molecule has 0 bridgehead atoms. The molecule has 0 fully saturated rings. The van der Waals surface area contributed by atoms with Gasteiger partial charge < -0.3 is 4.43 Å². The van der Waals surface area contributed by atoms with Crippen molar-refractivity contribution in [3.8, 4) is 0 Å². The van der Waals surface area contributed by atoms with Crippen molar-refractivity contribution >= 4 is 9.04 Å². The molecular weight excluding hydrogens is 248 g/mol. The van der Waals surface area contributed by atoms with Crippen molar-refractivity contribution in [1.29, 1.82) is 0 Å². The minimum Gasteiger partial charge on any atom is -0.421 e. The molecule has 0 saturated heterocycles. The predicted molar refractivity (Wildman–Crippen MR) is 90.5 cm³/mol. The maximum atomic E-state index is 5.68. The molecule has 0 rings (SSSR count). The fourth-order valence-electron chi connectivity index (χ4n) is 2.44. The summed E-state index contributed by atoms with van der Waals surface area (Å²) in [6.07, 6.45) is 18.5. The van der Waals surface area contributed by atoms with Crippen LogP contribution in [0.15, 0.2) is 0 Å². The molecule has 0 aliphatic heterocycles. The fraction of sp³-hybridized carbons (Fsp3) is 1.00. The molecule has 0 aromatic rings. The van der Waals surface area contributed by atoms with Crippen LogP contribution in [-0.2, 0) is 4.43 Å². The lowest BCUT2D eigenvalue weighted by Gasteiger charge is -2.06. The maximum absolute atomic E-state index is 5.68. The second kappa shape index (κ2) is 16.2. The van der Waals surface area contributed by atoms with Crippen molar-refractivity contribution in [2.75, 3.05) is 6.61 Å². The second-order valence-corrected chi connectivity index (χ2v) is 8.59. The normalized spacial score (nSPS) is 11.4. The zero-order chi connectivity index (χ0) is 14.2. The molecule has 0 aromatic heterocycles. The Bertz CT molecular complexity index is 159. The molecule has 19 heavy (non-hydrogen) atoms. The first-order valence-corrected chi connectivity index (χ1v) is 11.7. The lowest BCUT2D eigenvalue weighted by Crippen LogP contribution is -2.08. The van der Waals surface area contributed by atoms with Gasteiger partial charge in [0.1, 0.15) is 0 Å². The number of hydrogen-bond acceptors (Lipinski definition) is 1. The third-order valence-electron chi connectivity index (χ3n) is 3.70. The van der Waals surface area contributed by atoms with Crippen LogP contribution in [-0.4, -0.2) is 15.6 Å². The van der Waals surface area contributed by atoms with Gasteiger partial charge in [0.05, 0.1) is 0 Å². The Morgan fingerprint density at radius 3 is 1.32 bits per heavy atom. The summed E-state index contributed by atoms with van der Waals surface area (Å²) in [4.78, 5) is 0. The summed E-state index contributed by atoms with van der Waals surface area (Å²) in [5.74, 6) is 0. The van der Waals surface area contributed by atoms with E-state index < -0.39 is 9.04 Å². The van der Waals surface area contributed by atoms with Gasteiger partial charge in [0.2, 0.25) is 0 Å². The van der Waals surface area contributed by atoms with Crippen LogP contribution in [0.25, 0.3) is 0 Å². The van der Waals surface area contributed by atoms with Gasteiger partial charge in [-0.3, -0.25) is 0 Å². The Morgan fingerprint density at radius 1 is 0.579 bits per heavy atom. The standard InChI is InChI=1S/C17H38OSi/c1-4-5-6-7-8-9-10-11-12-13-14-15-16-17-18-19(2)3/h19H,4-17H2,1-3H3. The van der Waals surface area contributed by atoms with Crippen LogP contribution in [0.3, 0.4) is 0 Å². The zero-order valence-corrected chi connectivity index (χ0v) is 15.0. The molecule has 0 aromatic carbocycles. The average Bonchev–Trinajstić information content (AvgIpc) is 2.39. The minimum absolute atomic E-state index is 0.760. The predicted octanol–water partition coefficient (Wildman–Crippen LogP) is 6.08. The Morgan fingerprint density at radius 2 is 0.947 bits per heavy atom. The molecule has 0 aliphatic carbocycles. The number of unbranched alkanes of at least 4 members (excludes halogenated alkanes) is 12. The van der Waals surface area contributed by atoms with Crippen molar-refractivity contribution < 1.29 is 4.43 Å². The first kappa shape index (κ1) is 19.2. The van der Waals surface area contributed by atoms with E-state index in [9.17, 15) is 0 Å². The van der Waals surface area contributed by atoms with E-state index >= 15 is 0 Å². The molecule has 0 amide bonds. The highest BCUT2D eigenvalue weighted by molar-refractivity contribution is 6.48.